The van der Waals surface area contributed by atoms with E-state index < -0.39 is 9.84 Å². The van der Waals surface area contributed by atoms with Crippen LogP contribution in [0.25, 0.3) is 0 Å². The molecule has 0 amide bonds. The Morgan fingerprint density at radius 2 is 1.96 bits per heavy atom. The highest BCUT2D eigenvalue weighted by Crippen LogP contribution is 2.03. The lowest BCUT2D eigenvalue weighted by Gasteiger charge is -2.26. The van der Waals surface area contributed by atoms with E-state index in [-0.39, 0.29) is 35.5 Å². The smallest absolute Gasteiger partial charge is 0.191 e. The first kappa shape index (κ1) is 21.2. The van der Waals surface area contributed by atoms with E-state index in [2.05, 4.69) is 45.6 Å². The van der Waals surface area contributed by atoms with E-state index in [1.54, 1.807) is 7.05 Å². The third kappa shape index (κ3) is 7.35. The van der Waals surface area contributed by atoms with Gasteiger partial charge in [0.2, 0.25) is 0 Å². The van der Waals surface area contributed by atoms with Gasteiger partial charge in [0.25, 0.3) is 0 Å². The maximum absolute atomic E-state index is 11.4. The number of hydrogen-bond donors (Lipinski definition) is 2. The molecule has 1 saturated heterocycles. The summed E-state index contributed by atoms with van der Waals surface area (Å²) in [7, 11) is -1.05. The maximum atomic E-state index is 11.4. The summed E-state index contributed by atoms with van der Waals surface area (Å²) in [6.07, 6.45) is 0. The molecule has 0 bridgehead atoms. The molecule has 1 aromatic rings. The van der Waals surface area contributed by atoms with Crippen molar-refractivity contribution in [3.63, 3.8) is 0 Å². The fourth-order valence-electron chi connectivity index (χ4n) is 2.53. The van der Waals surface area contributed by atoms with Crippen molar-refractivity contribution in [3.8, 4) is 0 Å². The standard InChI is InChI=1S/C16H26N4O2S.HI/c1-14-4-3-5-15(12-14)13-19-16(17-2)18-6-7-20-8-10-23(21,22)11-9-20;/h3-5,12H,6-11,13H2,1-2H3,(H2,17,18,19);1H. The monoisotopic (exact) mass is 466 g/mol. The van der Waals surface area contributed by atoms with E-state index in [4.69, 9.17) is 0 Å². The summed E-state index contributed by atoms with van der Waals surface area (Å²) in [5.41, 5.74) is 2.46. The van der Waals surface area contributed by atoms with Crippen LogP contribution in [-0.4, -0.2) is 64.0 Å². The number of nitrogens with zero attached hydrogens (tertiary/aromatic N) is 2. The van der Waals surface area contributed by atoms with Crippen LogP contribution >= 0.6 is 24.0 Å². The molecule has 2 rings (SSSR count). The van der Waals surface area contributed by atoms with Gasteiger partial charge in [0, 0.05) is 39.8 Å². The molecule has 1 heterocycles. The van der Waals surface area contributed by atoms with Gasteiger partial charge in [0.05, 0.1) is 11.5 Å². The van der Waals surface area contributed by atoms with Gasteiger partial charge in [0.1, 0.15) is 0 Å². The molecular formula is C16H27IN4O2S. The molecule has 0 saturated carbocycles. The molecule has 1 aromatic carbocycles. The average Bonchev–Trinajstić information content (AvgIpc) is 2.52. The normalized spacial score (nSPS) is 17.8. The summed E-state index contributed by atoms with van der Waals surface area (Å²) in [4.78, 5) is 6.38. The Morgan fingerprint density at radius 3 is 2.58 bits per heavy atom. The lowest BCUT2D eigenvalue weighted by atomic mass is 10.1. The van der Waals surface area contributed by atoms with Crippen molar-refractivity contribution in [2.45, 2.75) is 13.5 Å². The van der Waals surface area contributed by atoms with Crippen molar-refractivity contribution in [1.82, 2.24) is 15.5 Å². The Labute approximate surface area is 162 Å². The first-order chi connectivity index (χ1) is 11.0. The fraction of sp³-hybridized carbons (Fsp3) is 0.562. The largest absolute Gasteiger partial charge is 0.355 e. The van der Waals surface area contributed by atoms with Crippen LogP contribution in [0.2, 0.25) is 0 Å². The zero-order valence-electron chi connectivity index (χ0n) is 14.3. The number of guanidine groups is 1. The molecular weight excluding hydrogens is 439 g/mol. The highest BCUT2D eigenvalue weighted by atomic mass is 127. The fourth-order valence-corrected chi connectivity index (χ4v) is 3.81. The van der Waals surface area contributed by atoms with Crippen LogP contribution in [-0.2, 0) is 16.4 Å². The first-order valence-corrected chi connectivity index (χ1v) is 9.73. The van der Waals surface area contributed by atoms with Crippen molar-refractivity contribution in [3.05, 3.63) is 35.4 Å². The van der Waals surface area contributed by atoms with Gasteiger partial charge in [-0.1, -0.05) is 29.8 Å². The highest BCUT2D eigenvalue weighted by molar-refractivity contribution is 14.0. The number of rotatable bonds is 5. The number of halogens is 1. The molecule has 0 aromatic heterocycles. The molecule has 136 valence electrons. The maximum Gasteiger partial charge on any atom is 0.191 e. The average molecular weight is 466 g/mol. The molecule has 2 N–H and O–H groups in total. The van der Waals surface area contributed by atoms with E-state index >= 15 is 0 Å². The molecule has 0 aliphatic carbocycles. The molecule has 6 nitrogen and oxygen atoms in total. The molecule has 1 aliphatic rings. The quantitative estimate of drug-likeness (QED) is 0.385. The van der Waals surface area contributed by atoms with Crippen molar-refractivity contribution in [2.75, 3.05) is 44.7 Å². The molecule has 8 heteroatoms. The minimum Gasteiger partial charge on any atom is -0.355 e. The van der Waals surface area contributed by atoms with Crippen molar-refractivity contribution >= 4 is 39.8 Å². The molecule has 0 atom stereocenters. The van der Waals surface area contributed by atoms with Gasteiger partial charge in [-0.2, -0.15) is 0 Å². The Balaban J connectivity index is 0.00000288. The van der Waals surface area contributed by atoms with E-state index in [0.717, 1.165) is 25.6 Å². The van der Waals surface area contributed by atoms with Gasteiger partial charge in [0.15, 0.2) is 15.8 Å². The van der Waals surface area contributed by atoms with Gasteiger partial charge < -0.3 is 10.6 Å². The second kappa shape index (κ2) is 10.2. The summed E-state index contributed by atoms with van der Waals surface area (Å²) >= 11 is 0. The predicted molar refractivity (Wildman–Crippen MR) is 110 cm³/mol. The van der Waals surface area contributed by atoms with Gasteiger partial charge in [-0.15, -0.1) is 24.0 Å². The minimum atomic E-state index is -2.80. The summed E-state index contributed by atoms with van der Waals surface area (Å²) in [6, 6.07) is 8.36. The Hall–Kier alpha value is -0.870. The Bertz CT molecular complexity index is 635. The zero-order valence-corrected chi connectivity index (χ0v) is 17.4. The summed E-state index contributed by atoms with van der Waals surface area (Å²) in [5, 5.41) is 6.56. The van der Waals surface area contributed by atoms with Gasteiger partial charge >= 0.3 is 0 Å². The first-order valence-electron chi connectivity index (χ1n) is 7.91. The number of aryl methyl sites for hydroxylation is 1. The van der Waals surface area contributed by atoms with E-state index in [9.17, 15) is 8.42 Å². The van der Waals surface area contributed by atoms with E-state index in [1.807, 2.05) is 6.07 Å². The van der Waals surface area contributed by atoms with Gasteiger partial charge in [-0.3, -0.25) is 9.89 Å². The van der Waals surface area contributed by atoms with Crippen LogP contribution < -0.4 is 10.6 Å². The predicted octanol–water partition coefficient (Wildman–Crippen LogP) is 1.01. The Kier molecular flexibility index (Phi) is 8.99. The summed E-state index contributed by atoms with van der Waals surface area (Å²) in [6.45, 7) is 5.62. The van der Waals surface area contributed by atoms with Crippen molar-refractivity contribution in [2.24, 2.45) is 4.99 Å². The van der Waals surface area contributed by atoms with E-state index in [0.29, 0.717) is 13.1 Å². The lowest BCUT2D eigenvalue weighted by Crippen LogP contribution is -2.45. The topological polar surface area (TPSA) is 73.8 Å². The van der Waals surface area contributed by atoms with Crippen molar-refractivity contribution < 1.29 is 8.42 Å². The number of benzene rings is 1. The molecule has 1 aliphatic heterocycles. The molecule has 0 unspecified atom stereocenters. The second-order valence-electron chi connectivity index (χ2n) is 5.84. The second-order valence-corrected chi connectivity index (χ2v) is 8.14. The summed E-state index contributed by atoms with van der Waals surface area (Å²) < 4.78 is 22.8. The van der Waals surface area contributed by atoms with Crippen LogP contribution in [0.3, 0.4) is 0 Å². The number of hydrogen-bond acceptors (Lipinski definition) is 4. The Morgan fingerprint density at radius 1 is 1.25 bits per heavy atom. The third-order valence-electron chi connectivity index (χ3n) is 3.92. The zero-order chi connectivity index (χ0) is 16.7. The number of sulfone groups is 1. The lowest BCUT2D eigenvalue weighted by molar-refractivity contribution is 0.299. The van der Waals surface area contributed by atoms with Crippen molar-refractivity contribution in [1.29, 1.82) is 0 Å². The van der Waals surface area contributed by atoms with Gasteiger partial charge in [-0.05, 0) is 12.5 Å². The van der Waals surface area contributed by atoms with Crippen LogP contribution in [0.1, 0.15) is 11.1 Å². The summed E-state index contributed by atoms with van der Waals surface area (Å²) in [5.74, 6) is 1.30. The third-order valence-corrected chi connectivity index (χ3v) is 5.53. The van der Waals surface area contributed by atoms with Crippen LogP contribution in [0.4, 0.5) is 0 Å². The van der Waals surface area contributed by atoms with Crippen LogP contribution in [0.5, 0.6) is 0 Å². The minimum absolute atomic E-state index is 0. The van der Waals surface area contributed by atoms with Crippen LogP contribution in [0.15, 0.2) is 29.3 Å². The molecule has 1 fully saturated rings. The molecule has 0 radical (unpaired) electrons. The van der Waals surface area contributed by atoms with Crippen LogP contribution in [0, 0.1) is 6.92 Å². The highest BCUT2D eigenvalue weighted by Gasteiger charge is 2.20. The SMILES string of the molecule is CN=C(NCCN1CCS(=O)(=O)CC1)NCc1cccc(C)c1.I. The van der Waals surface area contributed by atoms with E-state index in [1.165, 1.54) is 11.1 Å². The number of aliphatic imine (C=N–C) groups is 1. The van der Waals surface area contributed by atoms with Gasteiger partial charge in [-0.25, -0.2) is 8.42 Å². The molecule has 24 heavy (non-hydrogen) atoms. The molecule has 0 spiro atoms. The number of nitrogens with one attached hydrogen (secondary N) is 2.